The van der Waals surface area contributed by atoms with E-state index in [2.05, 4.69) is 13.8 Å². The second-order valence-electron chi connectivity index (χ2n) is 4.74. The van der Waals surface area contributed by atoms with Gasteiger partial charge in [-0.2, -0.15) is 0 Å². The molecule has 0 bridgehead atoms. The third kappa shape index (κ3) is 7.29. The largest absolute Gasteiger partial charge is 0.330 e. The van der Waals surface area contributed by atoms with Crippen molar-refractivity contribution in [1.82, 2.24) is 4.90 Å². The van der Waals surface area contributed by atoms with Gasteiger partial charge in [-0.3, -0.25) is 0 Å². The lowest BCUT2D eigenvalue weighted by atomic mass is 9.93. The maximum absolute atomic E-state index is 10.9. The first-order chi connectivity index (χ1) is 6.16. The summed E-state index contributed by atoms with van der Waals surface area (Å²) in [6, 6.07) is 0. The molecule has 5 heteroatoms. The molecule has 0 rings (SSSR count). The summed E-state index contributed by atoms with van der Waals surface area (Å²) >= 11 is 0. The molecule has 0 fully saturated rings. The minimum atomic E-state index is -2.85. The fourth-order valence-electron chi connectivity index (χ4n) is 1.20. The minimum absolute atomic E-state index is 0.0479. The average molecular weight is 222 g/mol. The molecule has 0 atom stereocenters. The maximum Gasteiger partial charge on any atom is 0.148 e. The van der Waals surface area contributed by atoms with Gasteiger partial charge in [-0.05, 0) is 19.0 Å². The summed E-state index contributed by atoms with van der Waals surface area (Å²) in [6.07, 6.45) is 1.26. The summed E-state index contributed by atoms with van der Waals surface area (Å²) < 4.78 is 21.8. The Hall–Kier alpha value is -0.130. The number of hydrogen-bond donors (Lipinski definition) is 1. The Balaban J connectivity index is 3.94. The van der Waals surface area contributed by atoms with Crippen molar-refractivity contribution in [2.75, 3.05) is 38.7 Å². The van der Waals surface area contributed by atoms with E-state index in [0.29, 0.717) is 13.1 Å². The molecule has 14 heavy (non-hydrogen) atoms. The Kier molecular flexibility index (Phi) is 5.05. The van der Waals surface area contributed by atoms with E-state index >= 15 is 0 Å². The smallest absolute Gasteiger partial charge is 0.148 e. The quantitative estimate of drug-likeness (QED) is 0.684. The van der Waals surface area contributed by atoms with Gasteiger partial charge >= 0.3 is 0 Å². The standard InChI is InChI=1S/C9H22N2O2S/c1-9(2,7-10)8-11(3)5-6-14(4,12)13/h5-8,10H2,1-4H3. The van der Waals surface area contributed by atoms with E-state index in [9.17, 15) is 8.42 Å². The first kappa shape index (κ1) is 13.9. The fraction of sp³-hybridized carbons (Fsp3) is 1.00. The van der Waals surface area contributed by atoms with E-state index < -0.39 is 9.84 Å². The molecular formula is C9H22N2O2S. The molecule has 86 valence electrons. The van der Waals surface area contributed by atoms with Gasteiger partial charge in [-0.1, -0.05) is 13.8 Å². The van der Waals surface area contributed by atoms with Crippen molar-refractivity contribution in [3.8, 4) is 0 Å². The van der Waals surface area contributed by atoms with E-state index in [1.54, 1.807) is 0 Å². The zero-order chi connectivity index (χ0) is 11.4. The van der Waals surface area contributed by atoms with Crippen LogP contribution in [0.4, 0.5) is 0 Å². The molecule has 0 unspecified atom stereocenters. The minimum Gasteiger partial charge on any atom is -0.330 e. The van der Waals surface area contributed by atoms with Gasteiger partial charge in [0.1, 0.15) is 9.84 Å². The molecule has 0 saturated carbocycles. The molecule has 0 aromatic carbocycles. The van der Waals surface area contributed by atoms with Gasteiger partial charge in [0, 0.05) is 19.3 Å². The van der Waals surface area contributed by atoms with Crippen LogP contribution >= 0.6 is 0 Å². The van der Waals surface area contributed by atoms with Gasteiger partial charge in [-0.25, -0.2) is 8.42 Å². The molecule has 0 heterocycles. The zero-order valence-electron chi connectivity index (χ0n) is 9.58. The average Bonchev–Trinajstić information content (AvgIpc) is 1.99. The van der Waals surface area contributed by atoms with Crippen LogP contribution in [0.15, 0.2) is 0 Å². The number of sulfone groups is 1. The summed E-state index contributed by atoms with van der Waals surface area (Å²) in [7, 11) is -0.935. The van der Waals surface area contributed by atoms with Gasteiger partial charge in [-0.15, -0.1) is 0 Å². The van der Waals surface area contributed by atoms with Gasteiger partial charge in [0.15, 0.2) is 0 Å². The predicted molar refractivity (Wildman–Crippen MR) is 60.0 cm³/mol. The van der Waals surface area contributed by atoms with E-state index in [-0.39, 0.29) is 11.2 Å². The highest BCUT2D eigenvalue weighted by Crippen LogP contribution is 2.13. The Labute approximate surface area is 87.4 Å². The number of hydrogen-bond acceptors (Lipinski definition) is 4. The Morgan fingerprint density at radius 1 is 1.36 bits per heavy atom. The summed E-state index contributed by atoms with van der Waals surface area (Å²) in [6.45, 7) is 6.14. The molecule has 0 radical (unpaired) electrons. The number of nitrogens with zero attached hydrogens (tertiary/aromatic N) is 1. The molecule has 0 aromatic rings. The molecule has 0 aliphatic heterocycles. The van der Waals surface area contributed by atoms with Crippen LogP contribution in [0.25, 0.3) is 0 Å². The fourth-order valence-corrected chi connectivity index (χ4v) is 1.84. The van der Waals surface area contributed by atoms with Gasteiger partial charge in [0.2, 0.25) is 0 Å². The van der Waals surface area contributed by atoms with Crippen LogP contribution in [-0.4, -0.2) is 52.0 Å². The lowest BCUT2D eigenvalue weighted by Crippen LogP contribution is -2.38. The highest BCUT2D eigenvalue weighted by molar-refractivity contribution is 7.90. The summed E-state index contributed by atoms with van der Waals surface area (Å²) in [4.78, 5) is 2.01. The zero-order valence-corrected chi connectivity index (χ0v) is 10.4. The Morgan fingerprint density at radius 2 is 1.86 bits per heavy atom. The first-order valence-corrected chi connectivity index (χ1v) is 6.79. The summed E-state index contributed by atoms with van der Waals surface area (Å²) in [5.74, 6) is 0.212. The van der Waals surface area contributed by atoms with E-state index in [0.717, 1.165) is 6.54 Å². The van der Waals surface area contributed by atoms with Crippen LogP contribution in [-0.2, 0) is 9.84 Å². The molecule has 0 spiro atoms. The van der Waals surface area contributed by atoms with E-state index in [4.69, 9.17) is 5.73 Å². The lowest BCUT2D eigenvalue weighted by Gasteiger charge is -2.28. The van der Waals surface area contributed by atoms with Crippen molar-refractivity contribution in [3.63, 3.8) is 0 Å². The van der Waals surface area contributed by atoms with Crippen molar-refractivity contribution in [2.45, 2.75) is 13.8 Å². The SMILES string of the molecule is CN(CCS(C)(=O)=O)CC(C)(C)CN. The van der Waals surface area contributed by atoms with Crippen LogP contribution in [0.5, 0.6) is 0 Å². The van der Waals surface area contributed by atoms with Crippen molar-refractivity contribution in [3.05, 3.63) is 0 Å². The van der Waals surface area contributed by atoms with Gasteiger partial charge in [0.05, 0.1) is 5.75 Å². The van der Waals surface area contributed by atoms with Crippen molar-refractivity contribution >= 4 is 9.84 Å². The molecule has 0 aliphatic rings. The van der Waals surface area contributed by atoms with Crippen molar-refractivity contribution in [2.24, 2.45) is 11.1 Å². The van der Waals surface area contributed by atoms with Gasteiger partial charge < -0.3 is 10.6 Å². The predicted octanol–water partition coefficient (Wildman–Crippen LogP) is -0.0523. The summed E-state index contributed by atoms with van der Waals surface area (Å²) in [5.41, 5.74) is 5.64. The van der Waals surface area contributed by atoms with Crippen molar-refractivity contribution < 1.29 is 8.42 Å². The second-order valence-corrected chi connectivity index (χ2v) is 7.00. The monoisotopic (exact) mass is 222 g/mol. The van der Waals surface area contributed by atoms with Crippen LogP contribution in [0.3, 0.4) is 0 Å². The molecule has 4 nitrogen and oxygen atoms in total. The molecule has 0 amide bonds. The summed E-state index contributed by atoms with van der Waals surface area (Å²) in [5, 5.41) is 0. The van der Waals surface area contributed by atoms with E-state index in [1.807, 2.05) is 11.9 Å². The number of nitrogens with two attached hydrogens (primary N) is 1. The molecule has 0 aromatic heterocycles. The highest BCUT2D eigenvalue weighted by atomic mass is 32.2. The second kappa shape index (κ2) is 5.09. The highest BCUT2D eigenvalue weighted by Gasteiger charge is 2.18. The van der Waals surface area contributed by atoms with Crippen molar-refractivity contribution in [1.29, 1.82) is 0 Å². The van der Waals surface area contributed by atoms with Crippen LogP contribution in [0.1, 0.15) is 13.8 Å². The Bertz CT molecular complexity index is 260. The molecular weight excluding hydrogens is 200 g/mol. The van der Waals surface area contributed by atoms with Crippen LogP contribution in [0.2, 0.25) is 0 Å². The first-order valence-electron chi connectivity index (χ1n) is 4.73. The van der Waals surface area contributed by atoms with Crippen LogP contribution < -0.4 is 5.73 Å². The van der Waals surface area contributed by atoms with Gasteiger partial charge in [0.25, 0.3) is 0 Å². The number of rotatable bonds is 6. The topological polar surface area (TPSA) is 63.4 Å². The van der Waals surface area contributed by atoms with Crippen LogP contribution in [0, 0.1) is 5.41 Å². The molecule has 0 saturated heterocycles. The third-order valence-electron chi connectivity index (χ3n) is 2.09. The maximum atomic E-state index is 10.9. The molecule has 0 aliphatic carbocycles. The third-order valence-corrected chi connectivity index (χ3v) is 3.02. The Morgan fingerprint density at radius 3 is 2.21 bits per heavy atom. The molecule has 2 N–H and O–H groups in total. The normalized spacial score (nSPS) is 13.6. The lowest BCUT2D eigenvalue weighted by molar-refractivity contribution is 0.224. The van der Waals surface area contributed by atoms with E-state index in [1.165, 1.54) is 6.26 Å².